The summed E-state index contributed by atoms with van der Waals surface area (Å²) in [6, 6.07) is 8.17. The summed E-state index contributed by atoms with van der Waals surface area (Å²) in [7, 11) is 1.54. The Kier molecular flexibility index (Phi) is 4.93. The van der Waals surface area contributed by atoms with Crippen molar-refractivity contribution < 1.29 is 14.3 Å². The molecule has 6 nitrogen and oxygen atoms in total. The molecule has 116 valence electrons. The van der Waals surface area contributed by atoms with Crippen molar-refractivity contribution in [3.63, 3.8) is 0 Å². The number of rotatable bonds is 5. The Morgan fingerprint density at radius 1 is 1.32 bits per heavy atom. The van der Waals surface area contributed by atoms with Crippen molar-refractivity contribution in [2.24, 2.45) is 0 Å². The fraction of sp³-hybridized carbons (Fsp3) is 0.312. The average molecular weight is 302 g/mol. The molecule has 2 aromatic rings. The topological polar surface area (TPSA) is 70.4 Å². The molecule has 0 saturated carbocycles. The maximum absolute atomic E-state index is 12.1. The lowest BCUT2D eigenvalue weighted by molar-refractivity contribution is 0.0377. The first-order valence-corrected chi connectivity index (χ1v) is 6.91. The van der Waals surface area contributed by atoms with Gasteiger partial charge in [-0.25, -0.2) is 9.78 Å². The molecule has 0 aliphatic heterocycles. The molecule has 0 radical (unpaired) electrons. The molecule has 2 aromatic heterocycles. The maximum Gasteiger partial charge on any atom is 0.338 e. The van der Waals surface area contributed by atoms with Gasteiger partial charge in [0.15, 0.2) is 0 Å². The van der Waals surface area contributed by atoms with Crippen LogP contribution in [-0.4, -0.2) is 28.7 Å². The number of aromatic nitrogens is 2. The molecule has 2 heterocycles. The summed E-state index contributed by atoms with van der Waals surface area (Å²) in [6.07, 6.45) is 1.33. The highest BCUT2D eigenvalue weighted by atomic mass is 16.5. The number of hydrogen-bond acceptors (Lipinski definition) is 5. The normalized spacial score (nSPS) is 10.5. The third kappa shape index (κ3) is 3.94. The van der Waals surface area contributed by atoms with Crippen LogP contribution in [0.5, 0.6) is 5.88 Å². The molecule has 0 aromatic carbocycles. The second kappa shape index (κ2) is 6.89. The monoisotopic (exact) mass is 302 g/mol. The first-order valence-electron chi connectivity index (χ1n) is 6.91. The summed E-state index contributed by atoms with van der Waals surface area (Å²) < 4.78 is 11.6. The van der Waals surface area contributed by atoms with Crippen LogP contribution in [0.1, 0.15) is 29.9 Å². The summed E-state index contributed by atoms with van der Waals surface area (Å²) in [5, 5.41) is 0. The van der Waals surface area contributed by atoms with Gasteiger partial charge < -0.3 is 14.0 Å². The van der Waals surface area contributed by atoms with Crippen molar-refractivity contribution in [2.45, 2.75) is 26.5 Å². The van der Waals surface area contributed by atoms with E-state index in [1.54, 1.807) is 44.3 Å². The van der Waals surface area contributed by atoms with Crippen LogP contribution in [0, 0.1) is 0 Å². The van der Waals surface area contributed by atoms with Gasteiger partial charge in [-0.3, -0.25) is 4.79 Å². The molecule has 0 amide bonds. The minimum Gasteiger partial charge on any atom is -0.481 e. The van der Waals surface area contributed by atoms with Crippen molar-refractivity contribution in [1.29, 1.82) is 0 Å². The standard InChI is InChI=1S/C16H18N2O4/c1-11(2)22-16(20)12-7-8-18(15(19)9-12)10-13-5-4-6-14(17-13)21-3/h4-9,11H,10H2,1-3H3. The Balaban J connectivity index is 2.19. The summed E-state index contributed by atoms with van der Waals surface area (Å²) in [5.41, 5.74) is 0.648. The van der Waals surface area contributed by atoms with E-state index >= 15 is 0 Å². The van der Waals surface area contributed by atoms with E-state index in [1.165, 1.54) is 17.7 Å². The Bertz CT molecular complexity index is 722. The van der Waals surface area contributed by atoms with Crippen LogP contribution in [0.3, 0.4) is 0 Å². The summed E-state index contributed by atoms with van der Waals surface area (Å²) in [5.74, 6) is -0.0126. The Morgan fingerprint density at radius 3 is 2.73 bits per heavy atom. The zero-order valence-corrected chi connectivity index (χ0v) is 12.8. The number of ether oxygens (including phenoxy) is 2. The second-order valence-corrected chi connectivity index (χ2v) is 5.01. The van der Waals surface area contributed by atoms with Crippen LogP contribution in [0.15, 0.2) is 41.3 Å². The molecule has 0 spiro atoms. The molecule has 0 N–H and O–H groups in total. The lowest BCUT2D eigenvalue weighted by Gasteiger charge is -2.09. The number of esters is 1. The van der Waals surface area contributed by atoms with Crippen LogP contribution >= 0.6 is 0 Å². The third-order valence-corrected chi connectivity index (χ3v) is 2.90. The first-order chi connectivity index (χ1) is 10.5. The lowest BCUT2D eigenvalue weighted by Crippen LogP contribution is -2.22. The number of pyridine rings is 2. The van der Waals surface area contributed by atoms with Crippen molar-refractivity contribution >= 4 is 5.97 Å². The summed E-state index contributed by atoms with van der Waals surface area (Å²) in [4.78, 5) is 28.1. The van der Waals surface area contributed by atoms with Crippen molar-refractivity contribution in [1.82, 2.24) is 9.55 Å². The van der Waals surface area contributed by atoms with Gasteiger partial charge in [0, 0.05) is 18.3 Å². The molecule has 0 atom stereocenters. The van der Waals surface area contributed by atoms with E-state index in [0.29, 0.717) is 18.1 Å². The highest BCUT2D eigenvalue weighted by molar-refractivity contribution is 5.89. The van der Waals surface area contributed by atoms with Crippen LogP contribution in [-0.2, 0) is 11.3 Å². The van der Waals surface area contributed by atoms with Gasteiger partial charge in [0.2, 0.25) is 5.88 Å². The van der Waals surface area contributed by atoms with E-state index < -0.39 is 5.97 Å². The molecule has 22 heavy (non-hydrogen) atoms. The maximum atomic E-state index is 12.1. The molecule has 0 fully saturated rings. The number of carbonyl (C=O) groups excluding carboxylic acids is 1. The molecule has 0 bridgehead atoms. The molecule has 0 aliphatic carbocycles. The zero-order chi connectivity index (χ0) is 16.1. The van der Waals surface area contributed by atoms with E-state index in [-0.39, 0.29) is 17.2 Å². The molecule has 2 rings (SSSR count). The lowest BCUT2D eigenvalue weighted by atomic mass is 10.2. The minimum absolute atomic E-state index is 0.226. The number of hydrogen-bond donors (Lipinski definition) is 0. The first kappa shape index (κ1) is 15.8. The summed E-state index contributed by atoms with van der Waals surface area (Å²) >= 11 is 0. The molecule has 0 saturated heterocycles. The highest BCUT2D eigenvalue weighted by Gasteiger charge is 2.11. The molecular weight excluding hydrogens is 284 g/mol. The van der Waals surface area contributed by atoms with Gasteiger partial charge in [0.25, 0.3) is 5.56 Å². The van der Waals surface area contributed by atoms with Crippen LogP contribution in [0.4, 0.5) is 0 Å². The van der Waals surface area contributed by atoms with Gasteiger partial charge in [-0.05, 0) is 26.0 Å². The fourth-order valence-electron chi connectivity index (χ4n) is 1.88. The molecule has 0 aliphatic rings. The smallest absolute Gasteiger partial charge is 0.338 e. The van der Waals surface area contributed by atoms with Crippen LogP contribution < -0.4 is 10.3 Å². The Hall–Kier alpha value is -2.63. The van der Waals surface area contributed by atoms with Crippen molar-refractivity contribution in [2.75, 3.05) is 7.11 Å². The number of methoxy groups -OCH3 is 1. The quantitative estimate of drug-likeness (QED) is 0.789. The predicted octanol–water partition coefficient (Wildman–Crippen LogP) is 1.87. The third-order valence-electron chi connectivity index (χ3n) is 2.90. The SMILES string of the molecule is COc1cccc(Cn2ccc(C(=O)OC(C)C)cc2=O)n1. The summed E-state index contributed by atoms with van der Waals surface area (Å²) in [6.45, 7) is 3.82. The largest absolute Gasteiger partial charge is 0.481 e. The van der Waals surface area contributed by atoms with Gasteiger partial charge in [0.1, 0.15) is 0 Å². The predicted molar refractivity (Wildman–Crippen MR) is 81.1 cm³/mol. The van der Waals surface area contributed by atoms with Crippen LogP contribution in [0.2, 0.25) is 0 Å². The van der Waals surface area contributed by atoms with Crippen LogP contribution in [0.25, 0.3) is 0 Å². The van der Waals surface area contributed by atoms with E-state index in [4.69, 9.17) is 9.47 Å². The van der Waals surface area contributed by atoms with Gasteiger partial charge in [-0.2, -0.15) is 0 Å². The van der Waals surface area contributed by atoms with E-state index in [0.717, 1.165) is 0 Å². The number of carbonyl (C=O) groups is 1. The van der Waals surface area contributed by atoms with Gasteiger partial charge in [-0.15, -0.1) is 0 Å². The van der Waals surface area contributed by atoms with Gasteiger partial charge in [0.05, 0.1) is 31.0 Å². The molecule has 6 heteroatoms. The Morgan fingerprint density at radius 2 is 2.09 bits per heavy atom. The average Bonchev–Trinajstić information content (AvgIpc) is 2.48. The fourth-order valence-corrected chi connectivity index (χ4v) is 1.88. The van der Waals surface area contributed by atoms with Gasteiger partial charge in [-0.1, -0.05) is 6.07 Å². The zero-order valence-electron chi connectivity index (χ0n) is 12.8. The molecular formula is C16H18N2O4. The second-order valence-electron chi connectivity index (χ2n) is 5.01. The van der Waals surface area contributed by atoms with E-state index in [1.807, 2.05) is 0 Å². The van der Waals surface area contributed by atoms with Gasteiger partial charge >= 0.3 is 5.97 Å². The Labute approximate surface area is 128 Å². The highest BCUT2D eigenvalue weighted by Crippen LogP contribution is 2.08. The van der Waals surface area contributed by atoms with Crippen molar-refractivity contribution in [3.8, 4) is 5.88 Å². The minimum atomic E-state index is -0.501. The van der Waals surface area contributed by atoms with E-state index in [2.05, 4.69) is 4.98 Å². The van der Waals surface area contributed by atoms with Crippen molar-refractivity contribution in [3.05, 3.63) is 58.1 Å². The van der Waals surface area contributed by atoms with E-state index in [9.17, 15) is 9.59 Å². The number of nitrogens with zero attached hydrogens (tertiary/aromatic N) is 2. The molecule has 0 unspecified atom stereocenters.